The highest BCUT2D eigenvalue weighted by Crippen LogP contribution is 2.34. The van der Waals surface area contributed by atoms with Crippen molar-refractivity contribution in [3.8, 4) is 10.6 Å². The molecule has 7 nitrogen and oxygen atoms in total. The summed E-state index contributed by atoms with van der Waals surface area (Å²) < 4.78 is 3.13. The van der Waals surface area contributed by atoms with Crippen LogP contribution in [-0.2, 0) is 6.54 Å². The lowest BCUT2D eigenvalue weighted by Gasteiger charge is -2.33. The molecule has 0 radical (unpaired) electrons. The maximum atomic E-state index is 13.3. The Balaban J connectivity index is 1.51. The third-order valence-electron chi connectivity index (χ3n) is 6.98. The SMILES string of the molecule is Cc1ccc(-c2cnc3c(N(C)C4CCCCC4)cc(C(=O)NCc4ccc(C)[n+](O)c4)cn23)s1. The third kappa shape index (κ3) is 4.75. The number of nitrogens with zero attached hydrogens (tertiary/aromatic N) is 4. The lowest BCUT2D eigenvalue weighted by Crippen LogP contribution is -2.35. The fourth-order valence-electron chi connectivity index (χ4n) is 4.87. The molecular weight excluding hydrogens is 458 g/mol. The summed E-state index contributed by atoms with van der Waals surface area (Å²) in [4.78, 5) is 22.8. The van der Waals surface area contributed by atoms with Crippen molar-refractivity contribution in [3.63, 3.8) is 0 Å². The summed E-state index contributed by atoms with van der Waals surface area (Å²) in [5.74, 6) is -0.155. The predicted molar refractivity (Wildman–Crippen MR) is 138 cm³/mol. The Hall–Kier alpha value is -3.39. The second-order valence-electron chi connectivity index (χ2n) is 9.47. The smallest absolute Gasteiger partial charge is 0.253 e. The van der Waals surface area contributed by atoms with E-state index in [2.05, 4.69) is 40.7 Å². The van der Waals surface area contributed by atoms with E-state index in [1.54, 1.807) is 17.5 Å². The molecule has 4 aromatic rings. The second kappa shape index (κ2) is 9.70. The quantitative estimate of drug-likeness (QED) is 0.298. The Morgan fingerprint density at radius 1 is 1.23 bits per heavy atom. The number of carbonyl (C=O) groups excluding carboxylic acids is 1. The highest BCUT2D eigenvalue weighted by Gasteiger charge is 2.23. The van der Waals surface area contributed by atoms with Crippen molar-refractivity contribution in [2.45, 2.75) is 58.5 Å². The van der Waals surface area contributed by atoms with E-state index in [0.29, 0.717) is 18.2 Å². The van der Waals surface area contributed by atoms with Gasteiger partial charge in [0.25, 0.3) is 5.91 Å². The van der Waals surface area contributed by atoms with Crippen molar-refractivity contribution in [2.24, 2.45) is 0 Å². The Morgan fingerprint density at radius 3 is 2.74 bits per heavy atom. The largest absolute Gasteiger partial charge is 0.369 e. The fraction of sp³-hybridized carbons (Fsp3) is 0.370. The average molecular weight is 491 g/mol. The van der Waals surface area contributed by atoms with Crippen molar-refractivity contribution in [1.29, 1.82) is 0 Å². The van der Waals surface area contributed by atoms with Crippen LogP contribution >= 0.6 is 11.3 Å². The van der Waals surface area contributed by atoms with Gasteiger partial charge in [-0.2, -0.15) is 0 Å². The molecule has 0 spiro atoms. The molecule has 182 valence electrons. The molecule has 0 aromatic carbocycles. The lowest BCUT2D eigenvalue weighted by atomic mass is 9.94. The number of pyridine rings is 2. The summed E-state index contributed by atoms with van der Waals surface area (Å²) in [5.41, 5.74) is 4.99. The number of hydrogen-bond acceptors (Lipinski definition) is 5. The number of carbonyl (C=O) groups is 1. The molecule has 1 aliphatic rings. The number of aromatic nitrogens is 3. The summed E-state index contributed by atoms with van der Waals surface area (Å²) in [6.07, 6.45) is 11.5. The zero-order valence-corrected chi connectivity index (χ0v) is 21.3. The minimum absolute atomic E-state index is 0.155. The van der Waals surface area contributed by atoms with Gasteiger partial charge in [0.15, 0.2) is 5.65 Å². The fourth-order valence-corrected chi connectivity index (χ4v) is 5.74. The Labute approximate surface area is 209 Å². The van der Waals surface area contributed by atoms with Crippen molar-refractivity contribution < 1.29 is 14.7 Å². The Morgan fingerprint density at radius 2 is 2.03 bits per heavy atom. The topological polar surface area (TPSA) is 73.8 Å². The van der Waals surface area contributed by atoms with Crippen LogP contribution in [0.2, 0.25) is 0 Å². The van der Waals surface area contributed by atoms with Crippen LogP contribution in [0.5, 0.6) is 0 Å². The van der Waals surface area contributed by atoms with Crippen molar-refractivity contribution in [2.75, 3.05) is 11.9 Å². The number of amides is 1. The van der Waals surface area contributed by atoms with Gasteiger partial charge in [0.2, 0.25) is 11.9 Å². The molecule has 0 aliphatic heterocycles. The number of thiophene rings is 1. The van der Waals surface area contributed by atoms with Gasteiger partial charge < -0.3 is 10.2 Å². The number of nitrogens with one attached hydrogen (secondary N) is 1. The molecule has 0 saturated heterocycles. The zero-order chi connectivity index (χ0) is 24.5. The summed E-state index contributed by atoms with van der Waals surface area (Å²) in [6.45, 7) is 4.24. The van der Waals surface area contributed by atoms with Gasteiger partial charge in [0, 0.05) is 54.0 Å². The number of aryl methyl sites for hydroxylation is 2. The molecule has 4 aromatic heterocycles. The van der Waals surface area contributed by atoms with Crippen LogP contribution in [0.25, 0.3) is 16.2 Å². The molecule has 1 amide bonds. The normalized spacial score (nSPS) is 14.4. The summed E-state index contributed by atoms with van der Waals surface area (Å²) in [6, 6.07) is 10.4. The molecule has 2 N–H and O–H groups in total. The molecule has 0 unspecified atom stereocenters. The Bertz CT molecular complexity index is 1370. The van der Waals surface area contributed by atoms with E-state index < -0.39 is 0 Å². The Kier molecular flexibility index (Phi) is 6.47. The minimum atomic E-state index is -0.155. The van der Waals surface area contributed by atoms with Crippen LogP contribution in [0.15, 0.2) is 48.9 Å². The first-order valence-electron chi connectivity index (χ1n) is 12.2. The van der Waals surface area contributed by atoms with Gasteiger partial charge in [-0.3, -0.25) is 14.4 Å². The van der Waals surface area contributed by atoms with Crippen molar-refractivity contribution in [1.82, 2.24) is 14.7 Å². The number of rotatable bonds is 6. The van der Waals surface area contributed by atoms with Gasteiger partial charge in [-0.05, 0) is 44.0 Å². The molecule has 8 heteroatoms. The van der Waals surface area contributed by atoms with Crippen LogP contribution in [0.1, 0.15) is 58.6 Å². The summed E-state index contributed by atoms with van der Waals surface area (Å²) in [7, 11) is 2.13. The molecule has 35 heavy (non-hydrogen) atoms. The van der Waals surface area contributed by atoms with E-state index in [0.717, 1.165) is 50.7 Å². The average Bonchev–Trinajstić information content (AvgIpc) is 3.50. The van der Waals surface area contributed by atoms with Gasteiger partial charge >= 0.3 is 0 Å². The van der Waals surface area contributed by atoms with E-state index >= 15 is 0 Å². The zero-order valence-electron chi connectivity index (χ0n) is 20.5. The van der Waals surface area contributed by atoms with Gasteiger partial charge in [0.05, 0.1) is 28.0 Å². The number of hydrogen-bond donors (Lipinski definition) is 2. The molecule has 1 fully saturated rings. The number of imidazole rings is 1. The molecule has 0 atom stereocenters. The first kappa shape index (κ1) is 23.4. The highest BCUT2D eigenvalue weighted by atomic mass is 32.1. The lowest BCUT2D eigenvalue weighted by molar-refractivity contribution is -0.909. The maximum absolute atomic E-state index is 13.3. The van der Waals surface area contributed by atoms with Crippen LogP contribution in [0.3, 0.4) is 0 Å². The van der Waals surface area contributed by atoms with Crippen LogP contribution in [0, 0.1) is 13.8 Å². The third-order valence-corrected chi connectivity index (χ3v) is 8.01. The van der Waals surface area contributed by atoms with Crippen LogP contribution in [0.4, 0.5) is 5.69 Å². The van der Waals surface area contributed by atoms with Crippen LogP contribution < -0.4 is 14.9 Å². The van der Waals surface area contributed by atoms with Crippen LogP contribution in [-0.4, -0.2) is 33.6 Å². The molecule has 1 saturated carbocycles. The number of anilines is 1. The van der Waals surface area contributed by atoms with E-state index in [1.165, 1.54) is 24.1 Å². The highest BCUT2D eigenvalue weighted by molar-refractivity contribution is 7.15. The van der Waals surface area contributed by atoms with E-state index in [4.69, 9.17) is 4.98 Å². The minimum Gasteiger partial charge on any atom is -0.369 e. The van der Waals surface area contributed by atoms with Crippen molar-refractivity contribution in [3.05, 3.63) is 70.6 Å². The van der Waals surface area contributed by atoms with E-state index in [9.17, 15) is 10.0 Å². The van der Waals surface area contributed by atoms with Gasteiger partial charge in [-0.1, -0.05) is 19.3 Å². The summed E-state index contributed by atoms with van der Waals surface area (Å²) in [5, 5.41) is 12.9. The first-order valence-corrected chi connectivity index (χ1v) is 13.0. The van der Waals surface area contributed by atoms with Crippen molar-refractivity contribution >= 4 is 28.6 Å². The molecule has 0 bridgehead atoms. The monoisotopic (exact) mass is 490 g/mol. The molecule has 4 heterocycles. The molecule has 5 rings (SSSR count). The van der Waals surface area contributed by atoms with Gasteiger partial charge in [-0.15, -0.1) is 11.3 Å². The number of fused-ring (bicyclic) bond motifs is 1. The standard InChI is InChI=1S/C27H31N5O2S/c1-18-9-11-20(16-32(18)34)14-29-27(33)21-13-23(30(3)22-7-5-4-6-8-22)26-28-15-24(31(26)17-21)25-12-10-19(2)35-25/h9-13,15-17,22H,4-8,14H2,1-3H3,(H-,29,33,34)/p+1. The first-order chi connectivity index (χ1) is 16.9. The van der Waals surface area contributed by atoms with E-state index in [1.807, 2.05) is 37.5 Å². The second-order valence-corrected chi connectivity index (χ2v) is 10.8. The van der Waals surface area contributed by atoms with Gasteiger partial charge in [-0.25, -0.2) is 4.98 Å². The molecule has 1 aliphatic carbocycles. The summed E-state index contributed by atoms with van der Waals surface area (Å²) >= 11 is 1.73. The predicted octanol–water partition coefficient (Wildman–Crippen LogP) is 4.90. The van der Waals surface area contributed by atoms with Gasteiger partial charge in [0.1, 0.15) is 0 Å². The molecular formula is C27H32N5O2S+. The van der Waals surface area contributed by atoms with E-state index in [-0.39, 0.29) is 5.91 Å². The maximum Gasteiger partial charge on any atom is 0.253 e.